The minimum Gasteiger partial charge on any atom is -0.255 e. The predicted molar refractivity (Wildman–Crippen MR) is 82.5 cm³/mol. The Morgan fingerprint density at radius 1 is 1.05 bits per heavy atom. The van der Waals surface area contributed by atoms with E-state index in [2.05, 4.69) is 32.0 Å². The molecule has 0 radical (unpaired) electrons. The fraction of sp³-hybridized carbons (Fsp3) is 0. The summed E-state index contributed by atoms with van der Waals surface area (Å²) in [6.07, 6.45) is 3.36. The Kier molecular flexibility index (Phi) is 3.68. The molecule has 3 rings (SSSR count). The predicted octanol–water partition coefficient (Wildman–Crippen LogP) is 4.42. The molecule has 5 heteroatoms. The number of pyridine rings is 2. The Labute approximate surface area is 128 Å². The van der Waals surface area contributed by atoms with E-state index in [9.17, 15) is 5.26 Å². The third-order valence-corrected chi connectivity index (χ3v) is 4.32. The summed E-state index contributed by atoms with van der Waals surface area (Å²) in [5.74, 6) is 0. The maximum Gasteiger partial charge on any atom is 0.102 e. The van der Waals surface area contributed by atoms with Gasteiger partial charge in [0.05, 0.1) is 11.1 Å². The van der Waals surface area contributed by atoms with Crippen molar-refractivity contribution in [2.45, 2.75) is 9.92 Å². The fourth-order valence-corrected chi connectivity index (χ4v) is 3.01. The van der Waals surface area contributed by atoms with E-state index in [1.54, 1.807) is 12.4 Å². The number of nitriles is 1. The van der Waals surface area contributed by atoms with E-state index < -0.39 is 0 Å². The van der Waals surface area contributed by atoms with E-state index in [1.807, 2.05) is 36.4 Å². The number of fused-ring (bicyclic) bond motifs is 1. The lowest BCUT2D eigenvalue weighted by molar-refractivity contribution is 1.12. The molecule has 2 aromatic heterocycles. The van der Waals surface area contributed by atoms with Crippen LogP contribution in [0.5, 0.6) is 0 Å². The minimum atomic E-state index is 0.568. The Morgan fingerprint density at radius 3 is 2.65 bits per heavy atom. The zero-order chi connectivity index (χ0) is 13.9. The van der Waals surface area contributed by atoms with Crippen molar-refractivity contribution in [1.82, 2.24) is 9.97 Å². The highest BCUT2D eigenvalue weighted by Gasteiger charge is 2.10. The van der Waals surface area contributed by atoms with E-state index >= 15 is 0 Å². The van der Waals surface area contributed by atoms with Gasteiger partial charge in [0.15, 0.2) is 0 Å². The van der Waals surface area contributed by atoms with Gasteiger partial charge in [0.1, 0.15) is 11.1 Å². The van der Waals surface area contributed by atoms with Gasteiger partial charge in [-0.25, -0.2) is 4.98 Å². The van der Waals surface area contributed by atoms with Crippen LogP contribution in [0.4, 0.5) is 0 Å². The Hall–Kier alpha value is -1.90. The molecule has 0 N–H and O–H groups in total. The van der Waals surface area contributed by atoms with Crippen LogP contribution < -0.4 is 0 Å². The second-order valence-corrected chi connectivity index (χ2v) is 5.99. The van der Waals surface area contributed by atoms with E-state index in [-0.39, 0.29) is 0 Å². The highest BCUT2D eigenvalue weighted by atomic mass is 79.9. The Bertz CT molecular complexity index is 809. The van der Waals surface area contributed by atoms with Crippen LogP contribution in [-0.2, 0) is 0 Å². The SMILES string of the molecule is N#Cc1cnc2ccccc2c1Sc1ccc(Br)cn1. The maximum absolute atomic E-state index is 9.27. The van der Waals surface area contributed by atoms with E-state index in [0.29, 0.717) is 5.56 Å². The molecule has 2 heterocycles. The van der Waals surface area contributed by atoms with E-state index in [1.165, 1.54) is 11.8 Å². The van der Waals surface area contributed by atoms with Crippen molar-refractivity contribution in [1.29, 1.82) is 5.26 Å². The number of benzene rings is 1. The monoisotopic (exact) mass is 341 g/mol. The van der Waals surface area contributed by atoms with Crippen molar-refractivity contribution < 1.29 is 0 Å². The normalized spacial score (nSPS) is 10.4. The van der Waals surface area contributed by atoms with Gasteiger partial charge in [-0.3, -0.25) is 4.98 Å². The van der Waals surface area contributed by atoms with Crippen LogP contribution >= 0.6 is 27.7 Å². The number of hydrogen-bond donors (Lipinski definition) is 0. The second-order valence-electron chi connectivity index (χ2n) is 4.05. The van der Waals surface area contributed by atoms with Gasteiger partial charge < -0.3 is 0 Å². The highest BCUT2D eigenvalue weighted by molar-refractivity contribution is 9.10. The zero-order valence-corrected chi connectivity index (χ0v) is 12.6. The van der Waals surface area contributed by atoms with Gasteiger partial charge in [-0.1, -0.05) is 30.0 Å². The lowest BCUT2D eigenvalue weighted by atomic mass is 10.2. The van der Waals surface area contributed by atoms with E-state index in [4.69, 9.17) is 0 Å². The number of halogens is 1. The summed E-state index contributed by atoms with van der Waals surface area (Å²) in [5.41, 5.74) is 1.45. The molecular formula is C15H8BrN3S. The van der Waals surface area contributed by atoms with Crippen molar-refractivity contribution in [3.63, 3.8) is 0 Å². The molecule has 3 aromatic rings. The molecule has 0 aliphatic carbocycles. The number of rotatable bonds is 2. The van der Waals surface area contributed by atoms with Gasteiger partial charge in [0, 0.05) is 27.1 Å². The van der Waals surface area contributed by atoms with E-state index in [0.717, 1.165) is 25.3 Å². The molecule has 20 heavy (non-hydrogen) atoms. The molecular weight excluding hydrogens is 334 g/mol. The standard InChI is InChI=1S/C15H8BrN3S/c16-11-5-6-14(19-9-11)20-15-10(7-17)8-18-13-4-2-1-3-12(13)15/h1-6,8-9H. The number of hydrogen-bond acceptors (Lipinski definition) is 4. The van der Waals surface area contributed by atoms with Crippen LogP contribution in [0.25, 0.3) is 10.9 Å². The first-order chi connectivity index (χ1) is 9.78. The fourth-order valence-electron chi connectivity index (χ4n) is 1.83. The van der Waals surface area contributed by atoms with Gasteiger partial charge in [-0.2, -0.15) is 5.26 Å². The van der Waals surface area contributed by atoms with Crippen LogP contribution in [0.2, 0.25) is 0 Å². The lowest BCUT2D eigenvalue weighted by Gasteiger charge is -2.07. The summed E-state index contributed by atoms with van der Waals surface area (Å²) in [6, 6.07) is 13.9. The summed E-state index contributed by atoms with van der Waals surface area (Å²) in [6.45, 7) is 0. The summed E-state index contributed by atoms with van der Waals surface area (Å²) in [7, 11) is 0. The summed E-state index contributed by atoms with van der Waals surface area (Å²) in [5, 5.41) is 11.1. The Morgan fingerprint density at radius 2 is 1.90 bits per heavy atom. The first kappa shape index (κ1) is 13.1. The van der Waals surface area contributed by atoms with Crippen molar-refractivity contribution in [2.24, 2.45) is 0 Å². The van der Waals surface area contributed by atoms with Crippen LogP contribution in [0, 0.1) is 11.3 Å². The molecule has 0 saturated carbocycles. The summed E-state index contributed by atoms with van der Waals surface area (Å²) >= 11 is 4.85. The van der Waals surface area contributed by atoms with Crippen LogP contribution in [0.15, 0.2) is 63.2 Å². The average molecular weight is 342 g/mol. The molecule has 0 spiro atoms. The molecule has 3 nitrogen and oxygen atoms in total. The number of aromatic nitrogens is 2. The molecule has 0 bridgehead atoms. The van der Waals surface area contributed by atoms with Crippen LogP contribution in [0.1, 0.15) is 5.56 Å². The molecule has 0 amide bonds. The smallest absolute Gasteiger partial charge is 0.102 e. The van der Waals surface area contributed by atoms with Crippen LogP contribution in [-0.4, -0.2) is 9.97 Å². The molecule has 0 saturated heterocycles. The lowest BCUT2D eigenvalue weighted by Crippen LogP contribution is -1.89. The first-order valence-corrected chi connectivity index (χ1v) is 7.46. The highest BCUT2D eigenvalue weighted by Crippen LogP contribution is 2.34. The van der Waals surface area contributed by atoms with Gasteiger partial charge in [0.25, 0.3) is 0 Å². The zero-order valence-electron chi connectivity index (χ0n) is 10.2. The van der Waals surface area contributed by atoms with Crippen LogP contribution in [0.3, 0.4) is 0 Å². The summed E-state index contributed by atoms with van der Waals surface area (Å²) < 4.78 is 0.932. The quantitative estimate of drug-likeness (QED) is 0.692. The number of nitrogens with zero attached hydrogens (tertiary/aromatic N) is 3. The average Bonchev–Trinajstić information content (AvgIpc) is 2.50. The second kappa shape index (κ2) is 5.61. The molecule has 0 aliphatic heterocycles. The molecule has 0 fully saturated rings. The minimum absolute atomic E-state index is 0.568. The third-order valence-electron chi connectivity index (χ3n) is 2.75. The first-order valence-electron chi connectivity index (χ1n) is 5.85. The third kappa shape index (κ3) is 2.53. The van der Waals surface area contributed by atoms with Gasteiger partial charge in [-0.15, -0.1) is 0 Å². The number of para-hydroxylation sites is 1. The summed E-state index contributed by atoms with van der Waals surface area (Å²) in [4.78, 5) is 9.54. The molecule has 0 aliphatic rings. The van der Waals surface area contributed by atoms with Gasteiger partial charge in [0.2, 0.25) is 0 Å². The molecule has 0 atom stereocenters. The van der Waals surface area contributed by atoms with Crippen molar-refractivity contribution in [3.05, 3.63) is 58.8 Å². The van der Waals surface area contributed by atoms with Gasteiger partial charge in [-0.05, 0) is 34.1 Å². The molecule has 0 unspecified atom stereocenters. The maximum atomic E-state index is 9.27. The Balaban J connectivity index is 2.14. The topological polar surface area (TPSA) is 49.6 Å². The van der Waals surface area contributed by atoms with Crippen molar-refractivity contribution >= 4 is 38.6 Å². The molecule has 1 aromatic carbocycles. The largest absolute Gasteiger partial charge is 0.255 e. The molecule has 96 valence electrons. The van der Waals surface area contributed by atoms with Crippen molar-refractivity contribution in [3.8, 4) is 6.07 Å². The van der Waals surface area contributed by atoms with Crippen molar-refractivity contribution in [2.75, 3.05) is 0 Å². The van der Waals surface area contributed by atoms with Gasteiger partial charge >= 0.3 is 0 Å².